The molecule has 2 amide bonds. The maximum absolute atomic E-state index is 14.2. The van der Waals surface area contributed by atoms with E-state index in [0.717, 1.165) is 24.2 Å². The van der Waals surface area contributed by atoms with Gasteiger partial charge in [-0.3, -0.25) is 9.59 Å². The van der Waals surface area contributed by atoms with Crippen molar-refractivity contribution in [3.05, 3.63) is 28.5 Å². The van der Waals surface area contributed by atoms with Crippen LogP contribution in [0.15, 0.2) is 12.3 Å². The topological polar surface area (TPSA) is 98.7 Å². The molecule has 0 aliphatic carbocycles. The number of aliphatic hydroxyl groups is 1. The average molecular weight is 508 g/mol. The number of β-amino-alcohol motifs (C(OH)–C–C–N with tert-alkyl or cyclic N) is 1. The number of nitrogens with zero attached hydrogens (tertiary/aromatic N) is 4. The summed E-state index contributed by atoms with van der Waals surface area (Å²) in [5.74, 6) is -0.525. The van der Waals surface area contributed by atoms with Crippen LogP contribution in [-0.4, -0.2) is 73.5 Å². The zero-order valence-electron chi connectivity index (χ0n) is 20.6. The van der Waals surface area contributed by atoms with Crippen molar-refractivity contribution < 1.29 is 23.5 Å². The van der Waals surface area contributed by atoms with E-state index in [2.05, 4.69) is 15.3 Å². The SMILES string of the molecule is C[C@H]1CCCN1C(=O)c1nc(C(=O)N2CC(C)(O)C2)sc1-c1cnc(NC(C)(C)C)cc1C(F)F. The third-order valence-corrected chi connectivity index (χ3v) is 7.17. The monoisotopic (exact) mass is 507 g/mol. The van der Waals surface area contributed by atoms with Crippen molar-refractivity contribution in [3.63, 3.8) is 0 Å². The first kappa shape index (κ1) is 25.4. The lowest BCUT2D eigenvalue weighted by Crippen LogP contribution is -2.61. The molecule has 2 aromatic heterocycles. The third-order valence-electron chi connectivity index (χ3n) is 6.10. The van der Waals surface area contributed by atoms with Crippen LogP contribution in [0.4, 0.5) is 14.6 Å². The minimum atomic E-state index is -2.83. The van der Waals surface area contributed by atoms with Crippen molar-refractivity contribution in [1.82, 2.24) is 19.8 Å². The second-order valence-electron chi connectivity index (χ2n) is 10.7. The van der Waals surface area contributed by atoms with Gasteiger partial charge in [0.2, 0.25) is 0 Å². The Bertz CT molecular complexity index is 1140. The Kier molecular flexibility index (Phi) is 6.60. The molecule has 0 saturated carbocycles. The predicted molar refractivity (Wildman–Crippen MR) is 130 cm³/mol. The lowest BCUT2D eigenvalue weighted by molar-refractivity contribution is -0.0668. The maximum Gasteiger partial charge on any atom is 0.283 e. The van der Waals surface area contributed by atoms with Crippen LogP contribution in [0, 0.1) is 0 Å². The minimum absolute atomic E-state index is 0.00673. The summed E-state index contributed by atoms with van der Waals surface area (Å²) in [5, 5.41) is 13.1. The van der Waals surface area contributed by atoms with Crippen molar-refractivity contribution in [2.45, 2.75) is 71.1 Å². The highest BCUT2D eigenvalue weighted by Gasteiger charge is 2.41. The second kappa shape index (κ2) is 9.09. The number of anilines is 1. The zero-order valence-corrected chi connectivity index (χ0v) is 21.4. The summed E-state index contributed by atoms with van der Waals surface area (Å²) in [5.41, 5.74) is -1.57. The molecule has 4 rings (SSSR count). The van der Waals surface area contributed by atoms with E-state index in [1.807, 2.05) is 27.7 Å². The van der Waals surface area contributed by atoms with Gasteiger partial charge in [0, 0.05) is 35.4 Å². The molecular weight excluding hydrogens is 476 g/mol. The lowest BCUT2D eigenvalue weighted by atomic mass is 9.97. The molecule has 35 heavy (non-hydrogen) atoms. The number of aromatic nitrogens is 2. The molecule has 2 saturated heterocycles. The van der Waals surface area contributed by atoms with E-state index in [-0.39, 0.29) is 57.3 Å². The first-order valence-electron chi connectivity index (χ1n) is 11.7. The molecule has 1 atom stereocenters. The van der Waals surface area contributed by atoms with Crippen LogP contribution in [0.5, 0.6) is 0 Å². The summed E-state index contributed by atoms with van der Waals surface area (Å²) >= 11 is 0.912. The van der Waals surface area contributed by atoms with Gasteiger partial charge in [-0.25, -0.2) is 18.7 Å². The number of pyridine rings is 1. The smallest absolute Gasteiger partial charge is 0.283 e. The molecule has 0 unspecified atom stereocenters. The van der Waals surface area contributed by atoms with Gasteiger partial charge in [-0.1, -0.05) is 0 Å². The summed E-state index contributed by atoms with van der Waals surface area (Å²) in [6.07, 6.45) is 0.180. The van der Waals surface area contributed by atoms with Gasteiger partial charge in [0.05, 0.1) is 23.6 Å². The molecule has 8 nitrogen and oxygen atoms in total. The number of rotatable bonds is 5. The molecule has 0 bridgehead atoms. The maximum atomic E-state index is 14.2. The van der Waals surface area contributed by atoms with Gasteiger partial charge in [-0.2, -0.15) is 0 Å². The van der Waals surface area contributed by atoms with E-state index >= 15 is 0 Å². The molecule has 0 spiro atoms. The fourth-order valence-electron chi connectivity index (χ4n) is 4.46. The van der Waals surface area contributed by atoms with Crippen molar-refractivity contribution >= 4 is 29.0 Å². The summed E-state index contributed by atoms with van der Waals surface area (Å²) in [7, 11) is 0. The van der Waals surface area contributed by atoms with E-state index in [9.17, 15) is 23.5 Å². The molecule has 2 aliphatic heterocycles. The zero-order chi connectivity index (χ0) is 25.7. The Morgan fingerprint density at radius 2 is 1.97 bits per heavy atom. The molecule has 4 heterocycles. The highest BCUT2D eigenvalue weighted by Crippen LogP contribution is 2.39. The van der Waals surface area contributed by atoms with Crippen molar-refractivity contribution in [1.29, 1.82) is 0 Å². The van der Waals surface area contributed by atoms with Gasteiger partial charge in [0.15, 0.2) is 5.01 Å². The number of amides is 2. The summed E-state index contributed by atoms with van der Waals surface area (Å²) < 4.78 is 28.4. The van der Waals surface area contributed by atoms with Crippen LogP contribution < -0.4 is 5.32 Å². The van der Waals surface area contributed by atoms with Crippen molar-refractivity contribution in [2.24, 2.45) is 0 Å². The number of nitrogens with one attached hydrogen (secondary N) is 1. The molecule has 0 radical (unpaired) electrons. The number of likely N-dealkylation sites (tertiary alicyclic amines) is 2. The first-order chi connectivity index (χ1) is 16.3. The van der Waals surface area contributed by atoms with Gasteiger partial charge in [-0.05, 0) is 53.5 Å². The van der Waals surface area contributed by atoms with Crippen LogP contribution >= 0.6 is 11.3 Å². The average Bonchev–Trinajstić information content (AvgIpc) is 3.36. The fourth-order valence-corrected chi connectivity index (χ4v) is 5.52. The van der Waals surface area contributed by atoms with Crippen LogP contribution in [0.1, 0.15) is 79.7 Å². The van der Waals surface area contributed by atoms with Crippen molar-refractivity contribution in [2.75, 3.05) is 25.0 Å². The summed E-state index contributed by atoms with van der Waals surface area (Å²) in [4.78, 5) is 38.5. The Hall–Kier alpha value is -2.66. The minimum Gasteiger partial charge on any atom is -0.386 e. The van der Waals surface area contributed by atoms with Gasteiger partial charge in [0.25, 0.3) is 18.2 Å². The quantitative estimate of drug-likeness (QED) is 0.630. The Morgan fingerprint density at radius 1 is 1.29 bits per heavy atom. The standard InChI is InChI=1S/C24H31F2N5O3S/c1-13-7-6-8-31(13)21(32)17-18(35-20(28-17)22(33)30-11-24(5,34)12-30)15-10-27-16(29-23(2,3)4)9-14(15)19(25)26/h9-10,13,19,34H,6-8,11-12H2,1-5H3,(H,27,29)/t13-/m0/s1. The molecule has 11 heteroatoms. The highest BCUT2D eigenvalue weighted by atomic mass is 32.1. The van der Waals surface area contributed by atoms with E-state index in [0.29, 0.717) is 12.4 Å². The fraction of sp³-hybridized carbons (Fsp3) is 0.583. The van der Waals surface area contributed by atoms with Crippen LogP contribution in [0.25, 0.3) is 10.4 Å². The van der Waals surface area contributed by atoms with Crippen LogP contribution in [0.3, 0.4) is 0 Å². The molecule has 2 aliphatic rings. The van der Waals surface area contributed by atoms with Gasteiger partial charge in [-0.15, -0.1) is 11.3 Å². The van der Waals surface area contributed by atoms with E-state index in [1.165, 1.54) is 17.2 Å². The molecule has 2 N–H and O–H groups in total. The van der Waals surface area contributed by atoms with Gasteiger partial charge in [0.1, 0.15) is 11.5 Å². The number of halogens is 2. The predicted octanol–water partition coefficient (Wildman–Crippen LogP) is 4.18. The van der Waals surface area contributed by atoms with Gasteiger partial charge >= 0.3 is 0 Å². The molecular formula is C24H31F2N5O3S. The number of carbonyl (C=O) groups is 2. The van der Waals surface area contributed by atoms with Crippen LogP contribution in [0.2, 0.25) is 0 Å². The van der Waals surface area contributed by atoms with Crippen molar-refractivity contribution in [3.8, 4) is 10.4 Å². The summed E-state index contributed by atoms with van der Waals surface area (Å²) in [6.45, 7) is 10.1. The summed E-state index contributed by atoms with van der Waals surface area (Å²) in [6, 6.07) is 1.28. The van der Waals surface area contributed by atoms with Gasteiger partial charge < -0.3 is 20.2 Å². The van der Waals surface area contributed by atoms with Crippen LogP contribution in [-0.2, 0) is 0 Å². The third kappa shape index (κ3) is 5.30. The molecule has 2 aromatic rings. The number of hydrogen-bond acceptors (Lipinski definition) is 7. The normalized spacial score (nSPS) is 19.7. The Labute approximate surface area is 207 Å². The Balaban J connectivity index is 1.78. The molecule has 190 valence electrons. The largest absolute Gasteiger partial charge is 0.386 e. The lowest BCUT2D eigenvalue weighted by Gasteiger charge is -2.43. The van der Waals surface area contributed by atoms with E-state index < -0.39 is 17.9 Å². The van der Waals surface area contributed by atoms with E-state index in [1.54, 1.807) is 11.8 Å². The second-order valence-corrected chi connectivity index (χ2v) is 11.7. The number of thiazole rings is 1. The number of alkyl halides is 2. The Morgan fingerprint density at radius 3 is 2.51 bits per heavy atom. The number of carbonyl (C=O) groups excluding carboxylic acids is 2. The number of hydrogen-bond donors (Lipinski definition) is 2. The first-order valence-corrected chi connectivity index (χ1v) is 12.5. The molecule has 2 fully saturated rings. The molecule has 0 aromatic carbocycles. The van der Waals surface area contributed by atoms with E-state index in [4.69, 9.17) is 0 Å². The highest BCUT2D eigenvalue weighted by molar-refractivity contribution is 7.17.